The average molecular weight is 348 g/mol. The van der Waals surface area contributed by atoms with Crippen LogP contribution in [-0.2, 0) is 6.42 Å². The van der Waals surface area contributed by atoms with Gasteiger partial charge < -0.3 is 10.4 Å². The molecule has 2 N–H and O–H groups in total. The molecule has 0 fully saturated rings. The number of halogens is 1. The number of carbonyl (C=O) groups is 1. The second-order valence-corrected chi connectivity index (χ2v) is 5.89. The summed E-state index contributed by atoms with van der Waals surface area (Å²) < 4.78 is 0.842. The minimum atomic E-state index is -0.319. The minimum absolute atomic E-state index is 0.0168. The van der Waals surface area contributed by atoms with Gasteiger partial charge in [0.1, 0.15) is 5.75 Å². The van der Waals surface area contributed by atoms with Gasteiger partial charge in [-0.05, 0) is 59.1 Å². The van der Waals surface area contributed by atoms with E-state index in [2.05, 4.69) is 28.2 Å². The van der Waals surface area contributed by atoms with Crippen LogP contribution in [0, 0.1) is 6.92 Å². The summed E-state index contributed by atoms with van der Waals surface area (Å²) >= 11 is 3.47. The lowest BCUT2D eigenvalue weighted by Crippen LogP contribution is -2.12. The van der Waals surface area contributed by atoms with Gasteiger partial charge in [-0.2, -0.15) is 0 Å². The maximum absolute atomic E-state index is 12.3. The van der Waals surface area contributed by atoms with Crippen molar-refractivity contribution in [3.63, 3.8) is 0 Å². The molecule has 1 amide bonds. The highest BCUT2D eigenvalue weighted by Gasteiger charge is 2.13. The zero-order valence-corrected chi connectivity index (χ0v) is 13.7. The molecule has 0 saturated carbocycles. The van der Waals surface area contributed by atoms with E-state index < -0.39 is 0 Å². The normalized spacial score (nSPS) is 10.4. The van der Waals surface area contributed by atoms with Gasteiger partial charge in [-0.15, -0.1) is 0 Å². The van der Waals surface area contributed by atoms with Gasteiger partial charge in [0.05, 0.1) is 11.3 Å². The molecular weight excluding hydrogens is 330 g/mol. The zero-order chi connectivity index (χ0) is 15.4. The Hall–Kier alpha value is -1.81. The number of hydrogen-bond acceptors (Lipinski definition) is 2. The highest BCUT2D eigenvalue weighted by atomic mass is 79.9. The van der Waals surface area contributed by atoms with Gasteiger partial charge in [-0.25, -0.2) is 0 Å². The number of carbonyl (C=O) groups excluding carboxylic acids is 1. The highest BCUT2D eigenvalue weighted by Crippen LogP contribution is 2.26. The van der Waals surface area contributed by atoms with Crippen molar-refractivity contribution in [3.8, 4) is 5.75 Å². The Morgan fingerprint density at radius 3 is 2.67 bits per heavy atom. The van der Waals surface area contributed by atoms with E-state index in [-0.39, 0.29) is 17.2 Å². The van der Waals surface area contributed by atoms with E-state index >= 15 is 0 Å². The molecule has 0 radical (unpaired) electrons. The number of rotatable bonds is 4. The molecule has 0 atom stereocenters. The molecule has 0 aliphatic heterocycles. The maximum atomic E-state index is 12.3. The summed E-state index contributed by atoms with van der Waals surface area (Å²) in [6.07, 6.45) is 2.08. The Morgan fingerprint density at radius 2 is 2.00 bits per heavy atom. The zero-order valence-electron chi connectivity index (χ0n) is 12.1. The standard InChI is InChI=1S/C17H18BrNO2/c1-3-4-12-6-7-15(14(18)10-12)19-17(21)13-9-11(2)5-8-16(13)20/h5-10,20H,3-4H2,1-2H3,(H,19,21). The molecule has 21 heavy (non-hydrogen) atoms. The van der Waals surface area contributed by atoms with Gasteiger partial charge in [-0.1, -0.05) is 31.0 Å². The van der Waals surface area contributed by atoms with E-state index in [1.54, 1.807) is 12.1 Å². The quantitative estimate of drug-likeness (QED) is 0.844. The number of aryl methyl sites for hydroxylation is 2. The van der Waals surface area contributed by atoms with Gasteiger partial charge in [0.15, 0.2) is 0 Å². The van der Waals surface area contributed by atoms with Crippen molar-refractivity contribution in [1.82, 2.24) is 0 Å². The molecule has 0 spiro atoms. The molecule has 3 nitrogen and oxygen atoms in total. The topological polar surface area (TPSA) is 49.3 Å². The smallest absolute Gasteiger partial charge is 0.259 e. The molecule has 0 saturated heterocycles. The Kier molecular flexibility index (Phi) is 5.02. The van der Waals surface area contributed by atoms with Crippen LogP contribution in [-0.4, -0.2) is 11.0 Å². The minimum Gasteiger partial charge on any atom is -0.507 e. The van der Waals surface area contributed by atoms with Crippen LogP contribution in [0.15, 0.2) is 40.9 Å². The number of aromatic hydroxyl groups is 1. The van der Waals surface area contributed by atoms with Crippen LogP contribution in [0.1, 0.15) is 34.8 Å². The van der Waals surface area contributed by atoms with Crippen molar-refractivity contribution in [3.05, 3.63) is 57.6 Å². The summed E-state index contributed by atoms with van der Waals surface area (Å²) in [6, 6.07) is 10.9. The first kappa shape index (κ1) is 15.6. The fourth-order valence-corrected chi connectivity index (χ4v) is 2.65. The van der Waals surface area contributed by atoms with E-state index in [0.717, 1.165) is 22.9 Å². The van der Waals surface area contributed by atoms with Crippen LogP contribution >= 0.6 is 15.9 Å². The summed E-state index contributed by atoms with van der Waals surface area (Å²) in [5.41, 5.74) is 3.12. The number of benzene rings is 2. The Balaban J connectivity index is 2.21. The van der Waals surface area contributed by atoms with E-state index in [1.165, 1.54) is 11.6 Å². The lowest BCUT2D eigenvalue weighted by Gasteiger charge is -2.10. The largest absolute Gasteiger partial charge is 0.507 e. The van der Waals surface area contributed by atoms with E-state index in [4.69, 9.17) is 0 Å². The molecule has 0 heterocycles. The molecule has 2 aromatic rings. The van der Waals surface area contributed by atoms with Crippen molar-refractivity contribution < 1.29 is 9.90 Å². The Labute approximate surface area is 133 Å². The number of phenolic OH excluding ortho intramolecular Hbond substituents is 1. The number of amides is 1. The summed E-state index contributed by atoms with van der Waals surface area (Å²) in [7, 11) is 0. The van der Waals surface area contributed by atoms with Gasteiger partial charge in [0.2, 0.25) is 0 Å². The third kappa shape index (κ3) is 3.85. The lowest BCUT2D eigenvalue weighted by atomic mass is 10.1. The second kappa shape index (κ2) is 6.76. The average Bonchev–Trinajstić information content (AvgIpc) is 2.44. The van der Waals surface area contributed by atoms with Crippen molar-refractivity contribution in [1.29, 1.82) is 0 Å². The summed E-state index contributed by atoms with van der Waals surface area (Å²) in [6.45, 7) is 4.01. The first-order valence-electron chi connectivity index (χ1n) is 6.90. The number of anilines is 1. The lowest BCUT2D eigenvalue weighted by molar-refractivity contribution is 0.102. The number of nitrogens with one attached hydrogen (secondary N) is 1. The van der Waals surface area contributed by atoms with Crippen molar-refractivity contribution >= 4 is 27.5 Å². The molecular formula is C17H18BrNO2. The monoisotopic (exact) mass is 347 g/mol. The van der Waals surface area contributed by atoms with Crippen molar-refractivity contribution in [2.75, 3.05) is 5.32 Å². The second-order valence-electron chi connectivity index (χ2n) is 5.04. The van der Waals surface area contributed by atoms with Crippen molar-refractivity contribution in [2.24, 2.45) is 0 Å². The first-order valence-corrected chi connectivity index (χ1v) is 7.70. The molecule has 0 aliphatic carbocycles. The molecule has 0 unspecified atom stereocenters. The molecule has 0 bridgehead atoms. The van der Waals surface area contributed by atoms with Crippen LogP contribution in [0.2, 0.25) is 0 Å². The summed E-state index contributed by atoms with van der Waals surface area (Å²) in [5, 5.41) is 12.6. The van der Waals surface area contributed by atoms with Crippen LogP contribution in [0.25, 0.3) is 0 Å². The Bertz CT molecular complexity index is 668. The fraction of sp³-hybridized carbons (Fsp3) is 0.235. The van der Waals surface area contributed by atoms with Gasteiger partial charge in [-0.3, -0.25) is 4.79 Å². The fourth-order valence-electron chi connectivity index (χ4n) is 2.13. The van der Waals surface area contributed by atoms with Gasteiger partial charge in [0, 0.05) is 4.47 Å². The third-order valence-electron chi connectivity index (χ3n) is 3.22. The Morgan fingerprint density at radius 1 is 1.24 bits per heavy atom. The molecule has 110 valence electrons. The van der Waals surface area contributed by atoms with E-state index in [1.807, 2.05) is 25.1 Å². The first-order chi connectivity index (χ1) is 10.0. The van der Waals surface area contributed by atoms with Crippen LogP contribution in [0.4, 0.5) is 5.69 Å². The SMILES string of the molecule is CCCc1ccc(NC(=O)c2cc(C)ccc2O)c(Br)c1. The molecule has 4 heteroatoms. The van der Waals surface area contributed by atoms with Crippen LogP contribution < -0.4 is 5.32 Å². The highest BCUT2D eigenvalue weighted by molar-refractivity contribution is 9.10. The summed E-state index contributed by atoms with van der Waals surface area (Å²) in [5.74, 6) is -0.336. The maximum Gasteiger partial charge on any atom is 0.259 e. The van der Waals surface area contributed by atoms with Crippen molar-refractivity contribution in [2.45, 2.75) is 26.7 Å². The van der Waals surface area contributed by atoms with Crippen LogP contribution in [0.5, 0.6) is 5.75 Å². The summed E-state index contributed by atoms with van der Waals surface area (Å²) in [4.78, 5) is 12.3. The molecule has 0 aromatic heterocycles. The molecule has 2 aromatic carbocycles. The van der Waals surface area contributed by atoms with Crippen LogP contribution in [0.3, 0.4) is 0 Å². The number of phenols is 1. The molecule has 2 rings (SSSR count). The predicted octanol–water partition coefficient (Wildman–Crippen LogP) is 4.67. The predicted molar refractivity (Wildman–Crippen MR) is 88.9 cm³/mol. The molecule has 0 aliphatic rings. The third-order valence-corrected chi connectivity index (χ3v) is 3.87. The number of hydrogen-bond donors (Lipinski definition) is 2. The van der Waals surface area contributed by atoms with E-state index in [0.29, 0.717) is 5.69 Å². The van der Waals surface area contributed by atoms with Gasteiger partial charge in [0.25, 0.3) is 5.91 Å². The van der Waals surface area contributed by atoms with Gasteiger partial charge >= 0.3 is 0 Å². The van der Waals surface area contributed by atoms with E-state index in [9.17, 15) is 9.90 Å².